The van der Waals surface area contributed by atoms with E-state index in [0.717, 1.165) is 25.4 Å². The first kappa shape index (κ1) is 13.0. The summed E-state index contributed by atoms with van der Waals surface area (Å²) < 4.78 is 5.29. The summed E-state index contributed by atoms with van der Waals surface area (Å²) in [4.78, 5) is 2.17. The van der Waals surface area contributed by atoms with Crippen molar-refractivity contribution in [1.29, 1.82) is 0 Å². The molecule has 0 saturated carbocycles. The summed E-state index contributed by atoms with van der Waals surface area (Å²) in [5.74, 6) is 0.965. The van der Waals surface area contributed by atoms with Crippen LogP contribution in [0.1, 0.15) is 11.1 Å². The van der Waals surface area contributed by atoms with Gasteiger partial charge in [-0.05, 0) is 38.2 Å². The summed E-state index contributed by atoms with van der Waals surface area (Å²) in [7, 11) is 5.87. The zero-order chi connectivity index (χ0) is 12.0. The number of rotatable bonds is 6. The average Bonchev–Trinajstić information content (AvgIpc) is 2.26. The van der Waals surface area contributed by atoms with Gasteiger partial charge >= 0.3 is 0 Å². The van der Waals surface area contributed by atoms with Crippen molar-refractivity contribution in [3.8, 4) is 5.75 Å². The van der Waals surface area contributed by atoms with Crippen LogP contribution in [0.15, 0.2) is 18.2 Å². The predicted octanol–water partition coefficient (Wildman–Crippen LogP) is 1.65. The van der Waals surface area contributed by atoms with E-state index < -0.39 is 0 Å². The number of likely N-dealkylation sites (N-methyl/N-ethyl adjacent to an activating group) is 1. The van der Waals surface area contributed by atoms with Gasteiger partial charge in [-0.3, -0.25) is 0 Å². The van der Waals surface area contributed by atoms with Crippen molar-refractivity contribution >= 4 is 0 Å². The fourth-order valence-electron chi connectivity index (χ4n) is 1.51. The Morgan fingerprint density at radius 3 is 2.69 bits per heavy atom. The maximum absolute atomic E-state index is 5.29. The molecule has 0 amide bonds. The molecule has 1 rings (SSSR count). The Bertz CT molecular complexity index is 324. The number of nitrogens with zero attached hydrogens (tertiary/aromatic N) is 1. The molecule has 0 unspecified atom stereocenters. The van der Waals surface area contributed by atoms with Gasteiger partial charge in [0.15, 0.2) is 0 Å². The van der Waals surface area contributed by atoms with Crippen LogP contribution in [0.3, 0.4) is 0 Å². The Kier molecular flexibility index (Phi) is 5.29. The molecule has 0 spiro atoms. The Labute approximate surface area is 98.4 Å². The maximum Gasteiger partial charge on any atom is 0.122 e. The van der Waals surface area contributed by atoms with E-state index >= 15 is 0 Å². The van der Waals surface area contributed by atoms with Crippen molar-refractivity contribution in [2.24, 2.45) is 0 Å². The molecule has 3 nitrogen and oxygen atoms in total. The first-order valence-corrected chi connectivity index (χ1v) is 5.62. The number of nitrogens with one attached hydrogen (secondary N) is 1. The molecule has 0 aromatic heterocycles. The molecule has 1 aromatic carbocycles. The van der Waals surface area contributed by atoms with Gasteiger partial charge in [-0.2, -0.15) is 0 Å². The quantitative estimate of drug-likeness (QED) is 0.741. The normalized spacial score (nSPS) is 10.8. The summed E-state index contributed by atoms with van der Waals surface area (Å²) in [5, 5.41) is 3.41. The average molecular weight is 222 g/mol. The van der Waals surface area contributed by atoms with E-state index in [1.165, 1.54) is 11.1 Å². The lowest BCUT2D eigenvalue weighted by atomic mass is 10.1. The topological polar surface area (TPSA) is 24.5 Å². The van der Waals surface area contributed by atoms with Crippen LogP contribution >= 0.6 is 0 Å². The third kappa shape index (κ3) is 4.21. The molecule has 0 fully saturated rings. The predicted molar refractivity (Wildman–Crippen MR) is 68.0 cm³/mol. The van der Waals surface area contributed by atoms with Crippen LogP contribution < -0.4 is 10.1 Å². The maximum atomic E-state index is 5.29. The molecule has 1 N–H and O–H groups in total. The van der Waals surface area contributed by atoms with Gasteiger partial charge in [0, 0.05) is 19.6 Å². The SMILES string of the molecule is COc1cc(CNCCN(C)C)ccc1C. The molecule has 0 radical (unpaired) electrons. The van der Waals surface area contributed by atoms with Gasteiger partial charge in [0.2, 0.25) is 0 Å². The molecular weight excluding hydrogens is 200 g/mol. The van der Waals surface area contributed by atoms with E-state index in [1.807, 2.05) is 0 Å². The minimum atomic E-state index is 0.893. The van der Waals surface area contributed by atoms with Crippen LogP contribution in [-0.2, 0) is 6.54 Å². The Morgan fingerprint density at radius 1 is 1.31 bits per heavy atom. The summed E-state index contributed by atoms with van der Waals surface area (Å²) >= 11 is 0. The largest absolute Gasteiger partial charge is 0.496 e. The highest BCUT2D eigenvalue weighted by Gasteiger charge is 1.99. The minimum absolute atomic E-state index is 0.893. The van der Waals surface area contributed by atoms with Crippen molar-refractivity contribution in [2.75, 3.05) is 34.3 Å². The van der Waals surface area contributed by atoms with E-state index in [1.54, 1.807) is 7.11 Å². The second-order valence-corrected chi connectivity index (χ2v) is 4.28. The molecule has 0 saturated heterocycles. The summed E-state index contributed by atoms with van der Waals surface area (Å²) in [6, 6.07) is 6.33. The molecule has 0 atom stereocenters. The molecule has 3 heteroatoms. The molecule has 0 aliphatic carbocycles. The van der Waals surface area contributed by atoms with Gasteiger partial charge in [-0.1, -0.05) is 12.1 Å². The van der Waals surface area contributed by atoms with Crippen LogP contribution in [0.4, 0.5) is 0 Å². The highest BCUT2D eigenvalue weighted by atomic mass is 16.5. The summed E-state index contributed by atoms with van der Waals surface area (Å²) in [5.41, 5.74) is 2.45. The monoisotopic (exact) mass is 222 g/mol. The van der Waals surface area contributed by atoms with E-state index in [9.17, 15) is 0 Å². The van der Waals surface area contributed by atoms with E-state index in [0.29, 0.717) is 0 Å². The molecule has 0 bridgehead atoms. The number of hydrogen-bond acceptors (Lipinski definition) is 3. The van der Waals surface area contributed by atoms with E-state index in [4.69, 9.17) is 4.74 Å². The Hall–Kier alpha value is -1.06. The highest BCUT2D eigenvalue weighted by molar-refractivity contribution is 5.36. The van der Waals surface area contributed by atoms with Gasteiger partial charge < -0.3 is 15.0 Å². The molecule has 90 valence electrons. The molecular formula is C13H22N2O. The zero-order valence-corrected chi connectivity index (χ0v) is 10.7. The number of aryl methyl sites for hydroxylation is 1. The van der Waals surface area contributed by atoms with Gasteiger partial charge in [0.25, 0.3) is 0 Å². The first-order chi connectivity index (χ1) is 7.63. The van der Waals surface area contributed by atoms with Crippen LogP contribution in [0.25, 0.3) is 0 Å². The van der Waals surface area contributed by atoms with Crippen LogP contribution in [0, 0.1) is 6.92 Å². The van der Waals surface area contributed by atoms with Gasteiger partial charge in [-0.25, -0.2) is 0 Å². The van der Waals surface area contributed by atoms with Crippen LogP contribution in [0.5, 0.6) is 5.75 Å². The molecule has 1 aromatic rings. The fourth-order valence-corrected chi connectivity index (χ4v) is 1.51. The summed E-state index contributed by atoms with van der Waals surface area (Å²) in [6.07, 6.45) is 0. The van der Waals surface area contributed by atoms with Crippen LogP contribution in [-0.4, -0.2) is 39.2 Å². The van der Waals surface area contributed by atoms with Crippen molar-refractivity contribution in [3.05, 3.63) is 29.3 Å². The minimum Gasteiger partial charge on any atom is -0.496 e. The number of ether oxygens (including phenoxy) is 1. The molecule has 0 heterocycles. The number of benzene rings is 1. The lowest BCUT2D eigenvalue weighted by Gasteiger charge is -2.11. The van der Waals surface area contributed by atoms with Gasteiger partial charge in [0.05, 0.1) is 7.11 Å². The standard InChI is InChI=1S/C13H22N2O/c1-11-5-6-12(9-13(11)16-4)10-14-7-8-15(2)3/h5-6,9,14H,7-8,10H2,1-4H3. The Morgan fingerprint density at radius 2 is 2.06 bits per heavy atom. The van der Waals surface area contributed by atoms with Crippen LogP contribution in [0.2, 0.25) is 0 Å². The van der Waals surface area contributed by atoms with Crippen molar-refractivity contribution in [2.45, 2.75) is 13.5 Å². The van der Waals surface area contributed by atoms with Crippen molar-refractivity contribution in [1.82, 2.24) is 10.2 Å². The van der Waals surface area contributed by atoms with Gasteiger partial charge in [0.1, 0.15) is 5.75 Å². The van der Waals surface area contributed by atoms with Crippen molar-refractivity contribution < 1.29 is 4.74 Å². The first-order valence-electron chi connectivity index (χ1n) is 5.62. The summed E-state index contributed by atoms with van der Waals surface area (Å²) in [6.45, 7) is 5.01. The zero-order valence-electron chi connectivity index (χ0n) is 10.7. The lowest BCUT2D eigenvalue weighted by molar-refractivity contribution is 0.399. The Balaban J connectivity index is 2.42. The smallest absolute Gasteiger partial charge is 0.122 e. The molecule has 16 heavy (non-hydrogen) atoms. The fraction of sp³-hybridized carbons (Fsp3) is 0.538. The number of methoxy groups -OCH3 is 1. The third-order valence-electron chi connectivity index (χ3n) is 2.54. The van der Waals surface area contributed by atoms with E-state index in [-0.39, 0.29) is 0 Å². The molecule has 0 aliphatic rings. The molecule has 0 aliphatic heterocycles. The van der Waals surface area contributed by atoms with Crippen molar-refractivity contribution in [3.63, 3.8) is 0 Å². The second kappa shape index (κ2) is 6.51. The second-order valence-electron chi connectivity index (χ2n) is 4.28. The third-order valence-corrected chi connectivity index (χ3v) is 2.54. The van der Waals surface area contributed by atoms with Gasteiger partial charge in [-0.15, -0.1) is 0 Å². The van der Waals surface area contributed by atoms with E-state index in [2.05, 4.69) is 49.4 Å². The highest BCUT2D eigenvalue weighted by Crippen LogP contribution is 2.18. The lowest BCUT2D eigenvalue weighted by Crippen LogP contribution is -2.26. The number of hydrogen-bond donors (Lipinski definition) is 1.